The summed E-state index contributed by atoms with van der Waals surface area (Å²) in [6.45, 7) is 4.42. The van der Waals surface area contributed by atoms with Crippen molar-refractivity contribution in [2.75, 3.05) is 6.61 Å². The first-order valence-corrected chi connectivity index (χ1v) is 4.28. The van der Waals surface area contributed by atoms with E-state index in [1.54, 1.807) is 0 Å². The van der Waals surface area contributed by atoms with Crippen molar-refractivity contribution < 1.29 is 23.0 Å². The fourth-order valence-corrected chi connectivity index (χ4v) is 1.19. The molecule has 1 heterocycles. The van der Waals surface area contributed by atoms with E-state index in [4.69, 9.17) is 0 Å². The van der Waals surface area contributed by atoms with Gasteiger partial charge in [0.25, 0.3) is 0 Å². The Morgan fingerprint density at radius 1 is 1.93 bits per heavy atom. The summed E-state index contributed by atoms with van der Waals surface area (Å²) in [4.78, 5) is 10.7. The van der Waals surface area contributed by atoms with E-state index in [2.05, 4.69) is 16.1 Å². The van der Waals surface area contributed by atoms with Gasteiger partial charge in [0.05, 0.1) is 6.61 Å². The molecular weight excluding hydrogens is 194 g/mol. The molecule has 0 spiro atoms. The zero-order chi connectivity index (χ0) is 10.8. The van der Waals surface area contributed by atoms with Gasteiger partial charge in [0, 0.05) is 12.5 Å². The van der Waals surface area contributed by atoms with Crippen molar-refractivity contribution in [3.05, 3.63) is 12.7 Å². The Bertz CT molecular complexity index is 244. The number of hydrogen-bond acceptors (Lipinski definition) is 3. The van der Waals surface area contributed by atoms with Crippen LogP contribution in [0.3, 0.4) is 0 Å². The Hall–Kier alpha value is -0.970. The minimum Gasteiger partial charge on any atom is -0.459 e. The quantitative estimate of drug-likeness (QED) is 0.517. The zero-order valence-corrected chi connectivity index (χ0v) is 7.83. The molecule has 1 aliphatic rings. The number of carbonyl (C=O) groups excluding carboxylic acids is 1. The molecule has 1 fully saturated rings. The lowest BCUT2D eigenvalue weighted by Gasteiger charge is -2.38. The summed E-state index contributed by atoms with van der Waals surface area (Å²) < 4.78 is 35.1. The van der Waals surface area contributed by atoms with Crippen LogP contribution in [0, 0.1) is 0 Å². The van der Waals surface area contributed by atoms with Crippen LogP contribution < -0.4 is 0 Å². The molecule has 3 nitrogen and oxygen atoms in total. The van der Waals surface area contributed by atoms with Crippen LogP contribution in [0.5, 0.6) is 0 Å². The van der Waals surface area contributed by atoms with E-state index in [1.807, 2.05) is 0 Å². The second-order valence-corrected chi connectivity index (χ2v) is 3.22. The lowest BCUT2D eigenvalue weighted by molar-refractivity contribution is -0.294. The van der Waals surface area contributed by atoms with E-state index in [1.165, 1.54) is 6.92 Å². The van der Waals surface area contributed by atoms with Crippen LogP contribution in [0.2, 0.25) is 0 Å². The van der Waals surface area contributed by atoms with E-state index < -0.39 is 24.1 Å². The molecule has 0 N–H and O–H groups in total. The molecule has 1 rings (SSSR count). The smallest absolute Gasteiger partial charge is 0.330 e. The van der Waals surface area contributed by atoms with Gasteiger partial charge in [-0.1, -0.05) is 6.58 Å². The van der Waals surface area contributed by atoms with Gasteiger partial charge in [-0.15, -0.1) is 0 Å². The summed E-state index contributed by atoms with van der Waals surface area (Å²) >= 11 is 0. The van der Waals surface area contributed by atoms with Crippen molar-refractivity contribution in [2.24, 2.45) is 0 Å². The molecule has 0 aromatic heterocycles. The average molecular weight is 206 g/mol. The maximum Gasteiger partial charge on any atom is 0.330 e. The summed E-state index contributed by atoms with van der Waals surface area (Å²) in [6.07, 6.45) is -1.69. The zero-order valence-electron chi connectivity index (χ0n) is 7.83. The molecule has 14 heavy (non-hydrogen) atoms. The fraction of sp³-hybridized carbons (Fsp3) is 0.667. The van der Waals surface area contributed by atoms with Crippen LogP contribution in [0.4, 0.5) is 8.78 Å². The van der Waals surface area contributed by atoms with Crippen LogP contribution in [0.1, 0.15) is 13.3 Å². The van der Waals surface area contributed by atoms with Crippen LogP contribution in [-0.2, 0) is 14.3 Å². The van der Waals surface area contributed by atoms with Gasteiger partial charge in [0.1, 0.15) is 6.10 Å². The number of esters is 1. The number of alkyl halides is 2. The number of rotatable bonds is 4. The van der Waals surface area contributed by atoms with Crippen LogP contribution in [0.25, 0.3) is 0 Å². The van der Waals surface area contributed by atoms with Crippen molar-refractivity contribution in [1.82, 2.24) is 0 Å². The maximum atomic E-state index is 13.3. The first kappa shape index (κ1) is 11.1. The molecule has 0 amide bonds. The molecule has 0 saturated carbocycles. The maximum absolute atomic E-state index is 13.3. The molecule has 0 aromatic carbocycles. The third-order valence-electron chi connectivity index (χ3n) is 1.99. The van der Waals surface area contributed by atoms with Crippen molar-refractivity contribution >= 4 is 5.97 Å². The van der Waals surface area contributed by atoms with Gasteiger partial charge in [0.15, 0.2) is 6.17 Å². The van der Waals surface area contributed by atoms with Crippen molar-refractivity contribution in [3.8, 4) is 0 Å². The monoisotopic (exact) mass is 206 g/mol. The Morgan fingerprint density at radius 3 is 2.93 bits per heavy atom. The van der Waals surface area contributed by atoms with Crippen LogP contribution in [0.15, 0.2) is 12.7 Å². The summed E-state index contributed by atoms with van der Waals surface area (Å²) in [5, 5.41) is 0. The Morgan fingerprint density at radius 2 is 2.57 bits per heavy atom. The molecule has 0 bridgehead atoms. The van der Waals surface area contributed by atoms with E-state index >= 15 is 0 Å². The SMILES string of the molecule is C=CC(=O)OC(C)CC1(F)OCC1F. The lowest BCUT2D eigenvalue weighted by atomic mass is 10.0. The molecule has 3 atom stereocenters. The lowest BCUT2D eigenvalue weighted by Crippen LogP contribution is -2.53. The highest BCUT2D eigenvalue weighted by molar-refractivity contribution is 5.81. The van der Waals surface area contributed by atoms with Crippen LogP contribution in [-0.4, -0.2) is 30.7 Å². The second-order valence-electron chi connectivity index (χ2n) is 3.22. The first-order chi connectivity index (χ1) is 6.48. The average Bonchev–Trinajstić information content (AvgIpc) is 2.15. The van der Waals surface area contributed by atoms with E-state index in [0.717, 1.165) is 6.08 Å². The third kappa shape index (κ3) is 2.29. The Balaban J connectivity index is 2.36. The minimum absolute atomic E-state index is 0.237. The van der Waals surface area contributed by atoms with Gasteiger partial charge in [-0.2, -0.15) is 0 Å². The Kier molecular flexibility index (Phi) is 3.21. The highest BCUT2D eigenvalue weighted by atomic mass is 19.2. The number of carbonyl (C=O) groups is 1. The van der Waals surface area contributed by atoms with Gasteiger partial charge in [-0.3, -0.25) is 0 Å². The fourth-order valence-electron chi connectivity index (χ4n) is 1.19. The molecule has 0 aliphatic carbocycles. The van der Waals surface area contributed by atoms with E-state index in [9.17, 15) is 13.6 Å². The number of ether oxygens (including phenoxy) is 2. The summed E-state index contributed by atoms with van der Waals surface area (Å²) in [6, 6.07) is 0. The highest BCUT2D eigenvalue weighted by Crippen LogP contribution is 2.36. The summed E-state index contributed by atoms with van der Waals surface area (Å²) in [5.41, 5.74) is 0. The van der Waals surface area contributed by atoms with Crippen molar-refractivity contribution in [3.63, 3.8) is 0 Å². The van der Waals surface area contributed by atoms with Gasteiger partial charge in [0.2, 0.25) is 5.85 Å². The van der Waals surface area contributed by atoms with Gasteiger partial charge in [-0.25, -0.2) is 13.6 Å². The minimum atomic E-state index is -2.29. The summed E-state index contributed by atoms with van der Waals surface area (Å²) in [5.74, 6) is -2.95. The third-order valence-corrected chi connectivity index (χ3v) is 1.99. The molecule has 80 valence electrons. The topological polar surface area (TPSA) is 35.5 Å². The highest BCUT2D eigenvalue weighted by Gasteiger charge is 2.51. The second kappa shape index (κ2) is 4.04. The molecule has 3 unspecified atom stereocenters. The predicted octanol–water partition coefficient (Wildman–Crippen LogP) is 1.53. The van der Waals surface area contributed by atoms with Gasteiger partial charge >= 0.3 is 5.97 Å². The molecule has 1 saturated heterocycles. The molecule has 1 aliphatic heterocycles. The van der Waals surface area contributed by atoms with Crippen molar-refractivity contribution in [2.45, 2.75) is 31.5 Å². The first-order valence-electron chi connectivity index (χ1n) is 4.28. The van der Waals surface area contributed by atoms with E-state index in [-0.39, 0.29) is 13.0 Å². The molecule has 5 heteroatoms. The normalized spacial score (nSPS) is 32.9. The van der Waals surface area contributed by atoms with Gasteiger partial charge < -0.3 is 9.47 Å². The Labute approximate surface area is 80.7 Å². The van der Waals surface area contributed by atoms with E-state index in [0.29, 0.717) is 0 Å². The molecular formula is C9H12F2O3. The number of halogens is 2. The largest absolute Gasteiger partial charge is 0.459 e. The molecule has 0 radical (unpaired) electrons. The summed E-state index contributed by atoms with van der Waals surface area (Å²) in [7, 11) is 0. The number of hydrogen-bond donors (Lipinski definition) is 0. The van der Waals surface area contributed by atoms with Gasteiger partial charge in [-0.05, 0) is 6.92 Å². The predicted molar refractivity (Wildman–Crippen MR) is 45.1 cm³/mol. The standard InChI is InChI=1S/C9H12F2O3/c1-3-8(12)14-6(2)4-9(11)7(10)5-13-9/h3,6-7H,1,4-5H2,2H3. The van der Waals surface area contributed by atoms with Crippen LogP contribution >= 0.6 is 0 Å². The molecule has 0 aromatic rings. The van der Waals surface area contributed by atoms with Crippen molar-refractivity contribution in [1.29, 1.82) is 0 Å².